The van der Waals surface area contributed by atoms with E-state index in [1.165, 1.54) is 5.56 Å². The summed E-state index contributed by atoms with van der Waals surface area (Å²) in [6.07, 6.45) is 4.44. The van der Waals surface area contributed by atoms with Gasteiger partial charge in [0, 0.05) is 17.3 Å². The molecule has 1 atom stereocenters. The predicted molar refractivity (Wildman–Crippen MR) is 80.2 cm³/mol. The van der Waals surface area contributed by atoms with Crippen LogP contribution >= 0.6 is 0 Å². The first-order valence-electron chi connectivity index (χ1n) is 6.73. The standard InChI is InChI=1S/C16H18N4/c1-12(2)16(19-20-17)15-8-4-3-7-14(15)10-13-6-5-9-18-11-13/h3-9,11-12,16H,10H2,1-2H3. The molecule has 0 fully saturated rings. The molecular formula is C16H18N4. The lowest BCUT2D eigenvalue weighted by Crippen LogP contribution is -2.07. The van der Waals surface area contributed by atoms with Gasteiger partial charge in [0.15, 0.2) is 0 Å². The lowest BCUT2D eigenvalue weighted by molar-refractivity contribution is 0.509. The number of aromatic nitrogens is 1. The van der Waals surface area contributed by atoms with Crippen molar-refractivity contribution in [3.63, 3.8) is 0 Å². The molecule has 0 saturated carbocycles. The first-order valence-corrected chi connectivity index (χ1v) is 6.73. The zero-order valence-electron chi connectivity index (χ0n) is 11.8. The van der Waals surface area contributed by atoms with E-state index in [-0.39, 0.29) is 12.0 Å². The van der Waals surface area contributed by atoms with Crippen LogP contribution < -0.4 is 0 Å². The van der Waals surface area contributed by atoms with Gasteiger partial charge in [-0.25, -0.2) is 0 Å². The van der Waals surface area contributed by atoms with E-state index in [4.69, 9.17) is 5.53 Å². The first kappa shape index (κ1) is 14.1. The molecule has 4 heteroatoms. The lowest BCUT2D eigenvalue weighted by Gasteiger charge is -2.19. The molecule has 2 rings (SSSR count). The van der Waals surface area contributed by atoms with E-state index in [1.54, 1.807) is 6.20 Å². The summed E-state index contributed by atoms with van der Waals surface area (Å²) in [7, 11) is 0. The van der Waals surface area contributed by atoms with Gasteiger partial charge in [0.25, 0.3) is 0 Å². The largest absolute Gasteiger partial charge is 0.264 e. The van der Waals surface area contributed by atoms with Crippen molar-refractivity contribution in [1.29, 1.82) is 0 Å². The summed E-state index contributed by atoms with van der Waals surface area (Å²) in [4.78, 5) is 7.14. The normalized spacial score (nSPS) is 11.9. The van der Waals surface area contributed by atoms with Crippen LogP contribution in [0.3, 0.4) is 0 Å². The van der Waals surface area contributed by atoms with Crippen LogP contribution in [-0.2, 0) is 6.42 Å². The fourth-order valence-corrected chi connectivity index (χ4v) is 2.32. The summed E-state index contributed by atoms with van der Waals surface area (Å²) in [6.45, 7) is 4.14. The van der Waals surface area contributed by atoms with Gasteiger partial charge in [-0.3, -0.25) is 4.98 Å². The van der Waals surface area contributed by atoms with Crippen molar-refractivity contribution < 1.29 is 0 Å². The number of nitrogens with zero attached hydrogens (tertiary/aromatic N) is 4. The highest BCUT2D eigenvalue weighted by atomic mass is 15.1. The third-order valence-corrected chi connectivity index (χ3v) is 3.30. The molecule has 1 aromatic carbocycles. The lowest BCUT2D eigenvalue weighted by atomic mass is 9.90. The van der Waals surface area contributed by atoms with E-state index in [9.17, 15) is 0 Å². The molecule has 2 aromatic rings. The maximum atomic E-state index is 8.78. The van der Waals surface area contributed by atoms with Crippen LogP contribution in [0.4, 0.5) is 0 Å². The topological polar surface area (TPSA) is 61.7 Å². The molecule has 0 aliphatic heterocycles. The Kier molecular flexibility index (Phi) is 4.75. The SMILES string of the molecule is CC(C)C(N=[N+]=[N-])c1ccccc1Cc1cccnc1. The molecular weight excluding hydrogens is 248 g/mol. The van der Waals surface area contributed by atoms with Crippen LogP contribution in [0.5, 0.6) is 0 Å². The maximum absolute atomic E-state index is 8.78. The Labute approximate surface area is 119 Å². The highest BCUT2D eigenvalue weighted by Crippen LogP contribution is 2.29. The third kappa shape index (κ3) is 3.37. The van der Waals surface area contributed by atoms with Gasteiger partial charge in [-0.05, 0) is 40.6 Å². The van der Waals surface area contributed by atoms with E-state index in [2.05, 4.69) is 41.0 Å². The number of benzene rings is 1. The average molecular weight is 266 g/mol. The number of pyridine rings is 1. The van der Waals surface area contributed by atoms with Crippen LogP contribution in [0.1, 0.15) is 36.6 Å². The van der Waals surface area contributed by atoms with Crippen molar-refractivity contribution in [3.05, 3.63) is 75.9 Å². The van der Waals surface area contributed by atoms with Crippen molar-refractivity contribution in [2.75, 3.05) is 0 Å². The maximum Gasteiger partial charge on any atom is 0.0651 e. The van der Waals surface area contributed by atoms with Gasteiger partial charge < -0.3 is 0 Å². The minimum absolute atomic E-state index is 0.132. The Hall–Kier alpha value is -2.32. The van der Waals surface area contributed by atoms with Gasteiger partial charge in [0.1, 0.15) is 0 Å². The Balaban J connectivity index is 2.37. The molecule has 0 aliphatic rings. The van der Waals surface area contributed by atoms with Gasteiger partial charge in [-0.2, -0.15) is 0 Å². The van der Waals surface area contributed by atoms with Crippen molar-refractivity contribution in [3.8, 4) is 0 Å². The zero-order valence-corrected chi connectivity index (χ0v) is 11.8. The number of azide groups is 1. The van der Waals surface area contributed by atoms with Crippen molar-refractivity contribution >= 4 is 0 Å². The van der Waals surface area contributed by atoms with Crippen molar-refractivity contribution in [2.24, 2.45) is 11.0 Å². The van der Waals surface area contributed by atoms with E-state index in [0.29, 0.717) is 0 Å². The molecule has 0 amide bonds. The molecule has 0 spiro atoms. The van der Waals surface area contributed by atoms with Gasteiger partial charge in [0.2, 0.25) is 0 Å². The van der Waals surface area contributed by atoms with Crippen LogP contribution in [0.15, 0.2) is 53.9 Å². The first-order chi connectivity index (χ1) is 9.72. The second-order valence-corrected chi connectivity index (χ2v) is 5.13. The van der Waals surface area contributed by atoms with Crippen LogP contribution in [-0.4, -0.2) is 4.98 Å². The van der Waals surface area contributed by atoms with Gasteiger partial charge >= 0.3 is 0 Å². The van der Waals surface area contributed by atoms with Crippen LogP contribution in [0.25, 0.3) is 10.4 Å². The summed E-state index contributed by atoms with van der Waals surface area (Å²) >= 11 is 0. The van der Waals surface area contributed by atoms with Crippen LogP contribution in [0.2, 0.25) is 0 Å². The van der Waals surface area contributed by atoms with E-state index in [1.807, 2.05) is 30.5 Å². The molecule has 0 saturated heterocycles. The van der Waals surface area contributed by atoms with E-state index >= 15 is 0 Å². The third-order valence-electron chi connectivity index (χ3n) is 3.30. The van der Waals surface area contributed by atoms with Gasteiger partial charge in [-0.15, -0.1) is 0 Å². The Morgan fingerprint density at radius 2 is 2.00 bits per heavy atom. The Morgan fingerprint density at radius 3 is 2.65 bits per heavy atom. The summed E-state index contributed by atoms with van der Waals surface area (Å²) < 4.78 is 0. The smallest absolute Gasteiger partial charge is 0.0651 e. The number of hydrogen-bond acceptors (Lipinski definition) is 2. The molecule has 1 aromatic heterocycles. The quantitative estimate of drug-likeness (QED) is 0.440. The molecule has 0 N–H and O–H groups in total. The minimum Gasteiger partial charge on any atom is -0.264 e. The number of hydrogen-bond donors (Lipinski definition) is 0. The highest BCUT2D eigenvalue weighted by molar-refractivity contribution is 5.34. The molecule has 102 valence electrons. The van der Waals surface area contributed by atoms with Gasteiger partial charge in [-0.1, -0.05) is 49.3 Å². The average Bonchev–Trinajstić information content (AvgIpc) is 2.46. The van der Waals surface area contributed by atoms with E-state index in [0.717, 1.165) is 17.5 Å². The fraction of sp³-hybridized carbons (Fsp3) is 0.312. The van der Waals surface area contributed by atoms with Crippen molar-refractivity contribution in [2.45, 2.75) is 26.3 Å². The van der Waals surface area contributed by atoms with Gasteiger partial charge in [0.05, 0.1) is 6.04 Å². The second kappa shape index (κ2) is 6.73. The summed E-state index contributed by atoms with van der Waals surface area (Å²) in [5.74, 6) is 0.265. The summed E-state index contributed by atoms with van der Waals surface area (Å²) in [5.41, 5.74) is 12.2. The summed E-state index contributed by atoms with van der Waals surface area (Å²) in [6, 6.07) is 12.0. The second-order valence-electron chi connectivity index (χ2n) is 5.13. The number of rotatable bonds is 5. The highest BCUT2D eigenvalue weighted by Gasteiger charge is 2.17. The molecule has 1 unspecified atom stereocenters. The monoisotopic (exact) mass is 266 g/mol. The molecule has 1 heterocycles. The Morgan fingerprint density at radius 1 is 1.20 bits per heavy atom. The van der Waals surface area contributed by atoms with Crippen LogP contribution in [0, 0.1) is 5.92 Å². The fourth-order valence-electron chi connectivity index (χ4n) is 2.32. The molecule has 0 radical (unpaired) electrons. The Bertz CT molecular complexity index is 601. The predicted octanol–water partition coefficient (Wildman–Crippen LogP) is 4.68. The molecule has 0 bridgehead atoms. The minimum atomic E-state index is -0.132. The molecule has 4 nitrogen and oxygen atoms in total. The molecule has 0 aliphatic carbocycles. The molecule has 20 heavy (non-hydrogen) atoms. The van der Waals surface area contributed by atoms with E-state index < -0.39 is 0 Å². The van der Waals surface area contributed by atoms with Crippen molar-refractivity contribution in [1.82, 2.24) is 4.98 Å². The summed E-state index contributed by atoms with van der Waals surface area (Å²) in [5, 5.41) is 3.96. The zero-order chi connectivity index (χ0) is 14.4.